The van der Waals surface area contributed by atoms with Gasteiger partial charge >= 0.3 is 5.97 Å². The van der Waals surface area contributed by atoms with Crippen LogP contribution in [-0.2, 0) is 16.1 Å². The van der Waals surface area contributed by atoms with Crippen LogP contribution in [0, 0.1) is 5.92 Å². The normalized spacial score (nSPS) is 11.9. The van der Waals surface area contributed by atoms with Crippen LogP contribution in [0.5, 0.6) is 0 Å². The zero-order chi connectivity index (χ0) is 14.3. The van der Waals surface area contributed by atoms with Gasteiger partial charge in [0.15, 0.2) is 0 Å². The maximum absolute atomic E-state index is 11.6. The molecule has 0 aliphatic carbocycles. The van der Waals surface area contributed by atoms with Crippen LogP contribution < -0.4 is 5.32 Å². The number of ether oxygens (including phenoxy) is 1. The molecule has 6 nitrogen and oxygen atoms in total. The molecule has 0 fully saturated rings. The fraction of sp³-hybridized carbons (Fsp3) is 0.462. The fourth-order valence-corrected chi connectivity index (χ4v) is 1.63. The number of carbonyl (C=O) groups is 2. The summed E-state index contributed by atoms with van der Waals surface area (Å²) >= 11 is 0. The molecule has 1 unspecified atom stereocenters. The minimum absolute atomic E-state index is 0.105. The molecule has 0 aliphatic heterocycles. The van der Waals surface area contributed by atoms with E-state index in [0.717, 1.165) is 0 Å². The van der Waals surface area contributed by atoms with Crippen molar-refractivity contribution < 1.29 is 19.4 Å². The van der Waals surface area contributed by atoms with Gasteiger partial charge in [-0.15, -0.1) is 0 Å². The van der Waals surface area contributed by atoms with Crippen molar-refractivity contribution in [1.29, 1.82) is 0 Å². The van der Waals surface area contributed by atoms with E-state index in [0.29, 0.717) is 18.7 Å². The van der Waals surface area contributed by atoms with E-state index in [1.54, 1.807) is 7.11 Å². The van der Waals surface area contributed by atoms with Crippen LogP contribution in [0.25, 0.3) is 0 Å². The van der Waals surface area contributed by atoms with E-state index in [9.17, 15) is 9.59 Å². The number of carboxylic acid groups (broad SMARTS) is 1. The molecule has 0 aliphatic rings. The van der Waals surface area contributed by atoms with Gasteiger partial charge in [-0.1, -0.05) is 6.92 Å². The van der Waals surface area contributed by atoms with Gasteiger partial charge in [0.1, 0.15) is 0 Å². The maximum Gasteiger partial charge on any atom is 0.335 e. The number of nitrogens with zero attached hydrogens (tertiary/aromatic N) is 1. The van der Waals surface area contributed by atoms with E-state index in [1.165, 1.54) is 18.3 Å². The van der Waals surface area contributed by atoms with Gasteiger partial charge in [0, 0.05) is 26.3 Å². The quantitative estimate of drug-likeness (QED) is 0.770. The highest BCUT2D eigenvalue weighted by molar-refractivity contribution is 5.87. The molecule has 104 valence electrons. The van der Waals surface area contributed by atoms with Gasteiger partial charge in [0.2, 0.25) is 5.91 Å². The summed E-state index contributed by atoms with van der Waals surface area (Å²) in [7, 11) is 1.59. The molecule has 1 aromatic rings. The first-order valence-electron chi connectivity index (χ1n) is 5.96. The summed E-state index contributed by atoms with van der Waals surface area (Å²) in [5, 5.41) is 11.5. The molecule has 1 atom stereocenters. The lowest BCUT2D eigenvalue weighted by Gasteiger charge is -2.10. The van der Waals surface area contributed by atoms with Crippen molar-refractivity contribution in [2.75, 3.05) is 13.7 Å². The van der Waals surface area contributed by atoms with Crippen LogP contribution >= 0.6 is 0 Å². The Morgan fingerprint density at radius 3 is 2.89 bits per heavy atom. The molecule has 1 rings (SSSR count). The molecule has 1 heterocycles. The second-order valence-corrected chi connectivity index (χ2v) is 4.38. The zero-order valence-corrected chi connectivity index (χ0v) is 11.0. The minimum atomic E-state index is -1.01. The summed E-state index contributed by atoms with van der Waals surface area (Å²) in [6.07, 6.45) is 1.78. The molecule has 1 aromatic heterocycles. The molecule has 0 saturated heterocycles. The lowest BCUT2D eigenvalue weighted by atomic mass is 10.1. The molecule has 0 radical (unpaired) electrons. The summed E-state index contributed by atoms with van der Waals surface area (Å²) in [5.41, 5.74) is 0.680. The third-order valence-electron chi connectivity index (χ3n) is 2.52. The highest BCUT2D eigenvalue weighted by Crippen LogP contribution is 2.04. The van der Waals surface area contributed by atoms with Crippen LogP contribution in [0.2, 0.25) is 0 Å². The molecule has 6 heteroatoms. The van der Waals surface area contributed by atoms with Crippen molar-refractivity contribution in [3.63, 3.8) is 0 Å². The summed E-state index contributed by atoms with van der Waals surface area (Å²) < 4.78 is 4.95. The Kier molecular flexibility index (Phi) is 5.95. The number of amides is 1. The molecular weight excluding hydrogens is 248 g/mol. The van der Waals surface area contributed by atoms with E-state index in [4.69, 9.17) is 9.84 Å². The fourth-order valence-electron chi connectivity index (χ4n) is 1.63. The Balaban J connectivity index is 2.46. The average Bonchev–Trinajstić information content (AvgIpc) is 2.37. The summed E-state index contributed by atoms with van der Waals surface area (Å²) in [5.74, 6) is -0.973. The van der Waals surface area contributed by atoms with Crippen molar-refractivity contribution in [3.8, 4) is 0 Å². The molecule has 0 spiro atoms. The van der Waals surface area contributed by atoms with E-state index in [1.807, 2.05) is 6.92 Å². The van der Waals surface area contributed by atoms with Gasteiger partial charge in [0.05, 0.1) is 17.8 Å². The Labute approximate surface area is 111 Å². The van der Waals surface area contributed by atoms with E-state index < -0.39 is 5.97 Å². The van der Waals surface area contributed by atoms with Crippen LogP contribution in [0.15, 0.2) is 18.3 Å². The number of aromatic carboxylic acids is 1. The topological polar surface area (TPSA) is 88.5 Å². The molecular formula is C13H18N2O4. The van der Waals surface area contributed by atoms with Gasteiger partial charge in [-0.25, -0.2) is 4.79 Å². The largest absolute Gasteiger partial charge is 0.478 e. The number of rotatable bonds is 7. The second-order valence-electron chi connectivity index (χ2n) is 4.38. The number of aromatic nitrogens is 1. The van der Waals surface area contributed by atoms with Crippen LogP contribution in [0.3, 0.4) is 0 Å². The molecule has 2 N–H and O–H groups in total. The van der Waals surface area contributed by atoms with Gasteiger partial charge in [-0.3, -0.25) is 9.78 Å². The number of nitrogens with one attached hydrogen (secondary N) is 1. The number of hydrogen-bond acceptors (Lipinski definition) is 4. The maximum atomic E-state index is 11.6. The predicted octanol–water partition coefficient (Wildman–Crippen LogP) is 1.07. The van der Waals surface area contributed by atoms with E-state index >= 15 is 0 Å². The van der Waals surface area contributed by atoms with Crippen molar-refractivity contribution in [2.24, 2.45) is 5.92 Å². The zero-order valence-electron chi connectivity index (χ0n) is 11.0. The number of hydrogen-bond donors (Lipinski definition) is 2. The number of carboxylic acids is 1. The highest BCUT2D eigenvalue weighted by atomic mass is 16.5. The van der Waals surface area contributed by atoms with Crippen molar-refractivity contribution >= 4 is 11.9 Å². The number of pyridine rings is 1. The van der Waals surface area contributed by atoms with Crippen LogP contribution in [0.4, 0.5) is 0 Å². The van der Waals surface area contributed by atoms with Crippen molar-refractivity contribution in [2.45, 2.75) is 19.9 Å². The minimum Gasteiger partial charge on any atom is -0.478 e. The first-order valence-corrected chi connectivity index (χ1v) is 5.96. The SMILES string of the molecule is COCC(C)CC(=O)NCc1cc(C(=O)O)ccn1. The molecule has 0 aromatic carbocycles. The first kappa shape index (κ1) is 15.1. The van der Waals surface area contributed by atoms with Crippen molar-refractivity contribution in [3.05, 3.63) is 29.6 Å². The van der Waals surface area contributed by atoms with Crippen LogP contribution in [0.1, 0.15) is 29.4 Å². The van der Waals surface area contributed by atoms with Gasteiger partial charge in [-0.05, 0) is 18.1 Å². The lowest BCUT2D eigenvalue weighted by Crippen LogP contribution is -2.26. The van der Waals surface area contributed by atoms with Gasteiger partial charge in [0.25, 0.3) is 0 Å². The smallest absolute Gasteiger partial charge is 0.335 e. The third-order valence-corrected chi connectivity index (χ3v) is 2.52. The Morgan fingerprint density at radius 2 is 2.26 bits per heavy atom. The summed E-state index contributed by atoms with van der Waals surface area (Å²) in [6, 6.07) is 2.86. The second kappa shape index (κ2) is 7.48. The van der Waals surface area contributed by atoms with Crippen LogP contribution in [-0.4, -0.2) is 35.7 Å². The lowest BCUT2D eigenvalue weighted by molar-refractivity contribution is -0.122. The summed E-state index contributed by atoms with van der Waals surface area (Å²) in [6.45, 7) is 2.67. The van der Waals surface area contributed by atoms with E-state index in [2.05, 4.69) is 10.3 Å². The molecule has 19 heavy (non-hydrogen) atoms. The summed E-state index contributed by atoms with van der Waals surface area (Å²) in [4.78, 5) is 26.4. The van der Waals surface area contributed by atoms with E-state index in [-0.39, 0.29) is 23.9 Å². The molecule has 1 amide bonds. The number of methoxy groups -OCH3 is 1. The third kappa shape index (κ3) is 5.48. The standard InChI is InChI=1S/C13H18N2O4/c1-9(8-19-2)5-12(16)15-7-11-6-10(13(17)18)3-4-14-11/h3-4,6,9H,5,7-8H2,1-2H3,(H,15,16)(H,17,18). The van der Waals surface area contributed by atoms with Crippen molar-refractivity contribution in [1.82, 2.24) is 10.3 Å². The number of carbonyl (C=O) groups excluding carboxylic acids is 1. The Morgan fingerprint density at radius 1 is 1.53 bits per heavy atom. The average molecular weight is 266 g/mol. The van der Waals surface area contributed by atoms with Gasteiger partial charge < -0.3 is 15.2 Å². The van der Waals surface area contributed by atoms with Gasteiger partial charge in [-0.2, -0.15) is 0 Å². The first-order chi connectivity index (χ1) is 9.02. The molecule has 0 bridgehead atoms. The molecule has 0 saturated carbocycles. The Hall–Kier alpha value is -1.95. The monoisotopic (exact) mass is 266 g/mol. The predicted molar refractivity (Wildman–Crippen MR) is 68.7 cm³/mol. The highest BCUT2D eigenvalue weighted by Gasteiger charge is 2.09. The Bertz CT molecular complexity index is 448.